The zero-order valence-electron chi connectivity index (χ0n) is 13.8. The molecule has 24 heavy (non-hydrogen) atoms. The van der Waals surface area contributed by atoms with Crippen LogP contribution in [0.5, 0.6) is 5.75 Å². The summed E-state index contributed by atoms with van der Waals surface area (Å²) in [5, 5.41) is 11.6. The summed E-state index contributed by atoms with van der Waals surface area (Å²) < 4.78 is 5.81. The highest BCUT2D eigenvalue weighted by Gasteiger charge is 2.05. The summed E-state index contributed by atoms with van der Waals surface area (Å²) in [5.74, 6) is 1.94. The molecule has 2 aromatic rings. The number of rotatable bonds is 7. The lowest BCUT2D eigenvalue weighted by molar-refractivity contribution is -0.113. The van der Waals surface area contributed by atoms with Crippen molar-refractivity contribution in [2.75, 3.05) is 23.4 Å². The third kappa shape index (κ3) is 5.32. The number of carbonyl (C=O) groups is 1. The zero-order chi connectivity index (χ0) is 17.4. The minimum Gasteiger partial charge on any atom is -0.492 e. The lowest BCUT2D eigenvalue weighted by Crippen LogP contribution is -2.15. The molecule has 0 saturated carbocycles. The summed E-state index contributed by atoms with van der Waals surface area (Å²) in [4.78, 5) is 11.9. The van der Waals surface area contributed by atoms with Crippen molar-refractivity contribution >= 4 is 23.4 Å². The molecule has 2 aromatic carbocycles. The molecule has 5 heteroatoms. The van der Waals surface area contributed by atoms with E-state index in [0.717, 1.165) is 22.6 Å². The second-order valence-corrected chi connectivity index (χ2v) is 6.47. The number of nitrogens with one attached hydrogen (secondary N) is 1. The normalized spacial score (nSPS) is 10.0. The van der Waals surface area contributed by atoms with Crippen LogP contribution in [-0.4, -0.2) is 24.0 Å². The van der Waals surface area contributed by atoms with E-state index in [9.17, 15) is 4.79 Å². The Hall–Kier alpha value is -2.45. The van der Waals surface area contributed by atoms with Crippen molar-refractivity contribution in [3.8, 4) is 11.8 Å². The largest absolute Gasteiger partial charge is 0.492 e. The zero-order valence-corrected chi connectivity index (χ0v) is 14.7. The summed E-state index contributed by atoms with van der Waals surface area (Å²) in [5.41, 5.74) is 3.42. The van der Waals surface area contributed by atoms with Crippen LogP contribution in [0.25, 0.3) is 0 Å². The fourth-order valence-electron chi connectivity index (χ4n) is 2.26. The molecule has 0 spiro atoms. The molecule has 0 aliphatic heterocycles. The quantitative estimate of drug-likeness (QED) is 0.776. The summed E-state index contributed by atoms with van der Waals surface area (Å²) in [6.45, 7) is 4.62. The van der Waals surface area contributed by atoms with Gasteiger partial charge < -0.3 is 10.1 Å². The summed E-state index contributed by atoms with van der Waals surface area (Å²) in [6.07, 6.45) is 0. The molecular formula is C19H20N2O2S. The molecule has 0 saturated heterocycles. The van der Waals surface area contributed by atoms with E-state index in [0.29, 0.717) is 23.6 Å². The van der Waals surface area contributed by atoms with Crippen LogP contribution in [0.2, 0.25) is 0 Å². The van der Waals surface area contributed by atoms with Crippen LogP contribution in [0.15, 0.2) is 42.5 Å². The van der Waals surface area contributed by atoms with E-state index in [1.54, 1.807) is 24.3 Å². The molecular weight excluding hydrogens is 320 g/mol. The maximum absolute atomic E-state index is 11.9. The highest BCUT2D eigenvalue weighted by Crippen LogP contribution is 2.22. The lowest BCUT2D eigenvalue weighted by atomic mass is 10.1. The Kier molecular flexibility index (Phi) is 6.71. The number of benzene rings is 2. The lowest BCUT2D eigenvalue weighted by Gasteiger charge is -2.11. The second kappa shape index (κ2) is 8.99. The van der Waals surface area contributed by atoms with Crippen molar-refractivity contribution in [1.82, 2.24) is 0 Å². The fraction of sp³-hybridized carbons (Fsp3) is 0.263. The third-order valence-electron chi connectivity index (χ3n) is 3.39. The number of thioether (sulfide) groups is 1. The van der Waals surface area contributed by atoms with Gasteiger partial charge in [0.2, 0.25) is 5.91 Å². The molecule has 2 rings (SSSR count). The Morgan fingerprint density at radius 1 is 1.21 bits per heavy atom. The molecule has 0 bridgehead atoms. The van der Waals surface area contributed by atoms with Gasteiger partial charge in [-0.1, -0.05) is 24.3 Å². The number of nitrogens with zero attached hydrogens (tertiary/aromatic N) is 1. The predicted molar refractivity (Wildman–Crippen MR) is 98.5 cm³/mol. The molecule has 0 radical (unpaired) electrons. The van der Waals surface area contributed by atoms with Gasteiger partial charge >= 0.3 is 0 Å². The number of aryl methyl sites for hydroxylation is 2. The van der Waals surface area contributed by atoms with E-state index >= 15 is 0 Å². The number of anilines is 1. The Balaban J connectivity index is 1.70. The molecule has 1 amide bonds. The highest BCUT2D eigenvalue weighted by atomic mass is 32.2. The molecule has 0 unspecified atom stereocenters. The average Bonchev–Trinajstić information content (AvgIpc) is 2.57. The minimum absolute atomic E-state index is 0.0813. The van der Waals surface area contributed by atoms with E-state index in [1.807, 2.05) is 32.0 Å². The van der Waals surface area contributed by atoms with Crippen molar-refractivity contribution < 1.29 is 9.53 Å². The van der Waals surface area contributed by atoms with Gasteiger partial charge in [-0.05, 0) is 43.2 Å². The van der Waals surface area contributed by atoms with Gasteiger partial charge in [-0.25, -0.2) is 0 Å². The van der Waals surface area contributed by atoms with Crippen LogP contribution in [0.4, 0.5) is 5.69 Å². The van der Waals surface area contributed by atoms with Crippen molar-refractivity contribution in [2.24, 2.45) is 0 Å². The maximum atomic E-state index is 11.9. The summed E-state index contributed by atoms with van der Waals surface area (Å²) in [7, 11) is 0. The summed E-state index contributed by atoms with van der Waals surface area (Å²) in [6, 6.07) is 15.0. The van der Waals surface area contributed by atoms with Crippen LogP contribution in [-0.2, 0) is 4.79 Å². The van der Waals surface area contributed by atoms with Gasteiger partial charge in [0.1, 0.15) is 5.75 Å². The van der Waals surface area contributed by atoms with E-state index in [2.05, 4.69) is 11.4 Å². The molecule has 0 aromatic heterocycles. The number of nitriles is 1. The third-order valence-corrected chi connectivity index (χ3v) is 4.31. The first-order chi connectivity index (χ1) is 11.6. The topological polar surface area (TPSA) is 62.1 Å². The van der Waals surface area contributed by atoms with E-state index < -0.39 is 0 Å². The van der Waals surface area contributed by atoms with Crippen molar-refractivity contribution in [2.45, 2.75) is 13.8 Å². The fourth-order valence-corrected chi connectivity index (χ4v) is 2.86. The number of carbonyl (C=O) groups excluding carboxylic acids is 1. The molecule has 4 nitrogen and oxygen atoms in total. The van der Waals surface area contributed by atoms with Gasteiger partial charge in [0.15, 0.2) is 0 Å². The van der Waals surface area contributed by atoms with Crippen LogP contribution >= 0.6 is 11.8 Å². The minimum atomic E-state index is -0.0813. The molecule has 0 aliphatic rings. The monoisotopic (exact) mass is 340 g/mol. The molecule has 0 fully saturated rings. The van der Waals surface area contributed by atoms with Crippen LogP contribution in [0.3, 0.4) is 0 Å². The second-order valence-electron chi connectivity index (χ2n) is 5.36. The predicted octanol–water partition coefficient (Wildman–Crippen LogP) is 3.93. The van der Waals surface area contributed by atoms with Crippen LogP contribution < -0.4 is 10.1 Å². The Bertz CT molecular complexity index is 733. The van der Waals surface area contributed by atoms with Crippen LogP contribution in [0.1, 0.15) is 16.7 Å². The van der Waals surface area contributed by atoms with Gasteiger partial charge in [0.05, 0.1) is 24.0 Å². The highest BCUT2D eigenvalue weighted by molar-refractivity contribution is 7.99. The maximum Gasteiger partial charge on any atom is 0.234 e. The number of ether oxygens (including phenoxy) is 1. The first kappa shape index (κ1) is 17.9. The summed E-state index contributed by atoms with van der Waals surface area (Å²) >= 11 is 1.52. The molecule has 0 aliphatic carbocycles. The van der Waals surface area contributed by atoms with E-state index in [-0.39, 0.29) is 5.91 Å². The van der Waals surface area contributed by atoms with Crippen molar-refractivity contribution in [3.05, 3.63) is 59.2 Å². The van der Waals surface area contributed by atoms with Gasteiger partial charge in [-0.3, -0.25) is 4.79 Å². The average molecular weight is 340 g/mol. The Morgan fingerprint density at radius 2 is 1.92 bits per heavy atom. The molecule has 124 valence electrons. The van der Waals surface area contributed by atoms with Crippen molar-refractivity contribution in [3.63, 3.8) is 0 Å². The number of hydrogen-bond acceptors (Lipinski definition) is 4. The SMILES string of the molecule is Cc1cccc(C)c1OCCSCC(=O)Nc1cccc(C#N)c1. The standard InChI is InChI=1S/C19H20N2O2S/c1-14-5-3-6-15(2)19(14)23-9-10-24-13-18(22)21-17-8-4-7-16(11-17)12-20/h3-8,11H,9-10,13H2,1-2H3,(H,21,22). The van der Waals surface area contributed by atoms with Crippen LogP contribution in [0, 0.1) is 25.2 Å². The first-order valence-corrected chi connectivity index (χ1v) is 8.82. The van der Waals surface area contributed by atoms with E-state index in [1.165, 1.54) is 11.8 Å². The van der Waals surface area contributed by atoms with Gasteiger partial charge in [0.25, 0.3) is 0 Å². The first-order valence-electron chi connectivity index (χ1n) is 7.67. The van der Waals surface area contributed by atoms with Gasteiger partial charge in [0, 0.05) is 11.4 Å². The smallest absolute Gasteiger partial charge is 0.234 e. The number of para-hydroxylation sites is 1. The number of hydrogen-bond donors (Lipinski definition) is 1. The Labute approximate surface area is 146 Å². The van der Waals surface area contributed by atoms with Gasteiger partial charge in [-0.2, -0.15) is 5.26 Å². The number of amides is 1. The molecule has 1 N–H and O–H groups in total. The molecule has 0 heterocycles. The van der Waals surface area contributed by atoms with Gasteiger partial charge in [-0.15, -0.1) is 11.8 Å². The van der Waals surface area contributed by atoms with E-state index in [4.69, 9.17) is 10.00 Å². The Morgan fingerprint density at radius 3 is 2.62 bits per heavy atom. The van der Waals surface area contributed by atoms with Crippen molar-refractivity contribution in [1.29, 1.82) is 5.26 Å². The molecule has 0 atom stereocenters.